The van der Waals surface area contributed by atoms with Crippen molar-refractivity contribution in [2.75, 3.05) is 0 Å². The monoisotopic (exact) mass is 657 g/mol. The molecule has 0 N–H and O–H groups in total. The second kappa shape index (κ2) is 11.6. The van der Waals surface area contributed by atoms with E-state index in [1.165, 1.54) is 31.3 Å². The maximum absolute atomic E-state index is 6.15. The van der Waals surface area contributed by atoms with Crippen molar-refractivity contribution < 1.29 is 4.42 Å². The lowest BCUT2D eigenvalue weighted by Crippen LogP contribution is -2.00. The number of para-hydroxylation sites is 1. The van der Waals surface area contributed by atoms with Crippen LogP contribution in [0.3, 0.4) is 0 Å². The Labute approximate surface area is 292 Å². The van der Waals surface area contributed by atoms with E-state index in [-0.39, 0.29) is 0 Å². The molecule has 10 rings (SSSR count). The Kier molecular flexibility index (Phi) is 6.64. The Bertz CT molecular complexity index is 2890. The van der Waals surface area contributed by atoms with E-state index in [0.717, 1.165) is 49.8 Å². The van der Waals surface area contributed by atoms with Crippen LogP contribution in [-0.4, -0.2) is 15.0 Å². The van der Waals surface area contributed by atoms with Gasteiger partial charge in [-0.25, -0.2) is 15.0 Å². The topological polar surface area (TPSA) is 51.8 Å². The van der Waals surface area contributed by atoms with Crippen LogP contribution in [-0.2, 0) is 0 Å². The molecule has 0 unspecified atom stereocenters. The fraction of sp³-hybridized carbons (Fsp3) is 0. The Morgan fingerprint density at radius 2 is 0.920 bits per heavy atom. The first kappa shape index (κ1) is 28.6. The smallest absolute Gasteiger partial charge is 0.164 e. The molecule has 0 atom stereocenters. The van der Waals surface area contributed by atoms with Gasteiger partial charge in [0.1, 0.15) is 11.2 Å². The number of hydrogen-bond donors (Lipinski definition) is 0. The van der Waals surface area contributed by atoms with E-state index in [9.17, 15) is 0 Å². The molecule has 0 amide bonds. The third-order valence-electron chi connectivity index (χ3n) is 9.34. The van der Waals surface area contributed by atoms with Gasteiger partial charge in [-0.2, -0.15) is 0 Å². The lowest BCUT2D eigenvalue weighted by Gasteiger charge is -2.11. The van der Waals surface area contributed by atoms with Crippen molar-refractivity contribution in [1.82, 2.24) is 15.0 Å². The molecule has 0 saturated heterocycles. The average Bonchev–Trinajstić information content (AvgIpc) is 3.76. The summed E-state index contributed by atoms with van der Waals surface area (Å²) in [6, 6.07) is 56.9. The summed E-state index contributed by atoms with van der Waals surface area (Å²) in [5.41, 5.74) is 9.12. The standard InChI is InChI=1S/C45H27N3OS/c1-2-11-28(12-3-1)29-13-8-14-30(25-29)31-15-9-16-32(26-31)43-46-44(33-23-24-39-37(27-33)34-17-4-6-20-38(34)49-39)48-45(47-43)36-19-10-22-41-42(36)35-18-5-7-21-40(35)50-41/h1-27H. The molecule has 0 spiro atoms. The molecular weight excluding hydrogens is 631 g/mol. The molecule has 0 aliphatic carbocycles. The highest BCUT2D eigenvalue weighted by atomic mass is 32.1. The lowest BCUT2D eigenvalue weighted by molar-refractivity contribution is 0.669. The van der Waals surface area contributed by atoms with Crippen molar-refractivity contribution in [3.8, 4) is 56.4 Å². The molecule has 0 bridgehead atoms. The molecule has 3 aromatic heterocycles. The minimum absolute atomic E-state index is 0.616. The highest BCUT2D eigenvalue weighted by Gasteiger charge is 2.18. The zero-order valence-electron chi connectivity index (χ0n) is 26.7. The molecule has 10 aromatic rings. The fourth-order valence-electron chi connectivity index (χ4n) is 6.93. The van der Waals surface area contributed by atoms with E-state index in [1.54, 1.807) is 11.3 Å². The summed E-state index contributed by atoms with van der Waals surface area (Å²) >= 11 is 1.79. The van der Waals surface area contributed by atoms with Crippen LogP contribution in [0.15, 0.2) is 168 Å². The first-order chi connectivity index (χ1) is 24.7. The number of rotatable bonds is 5. The quantitative estimate of drug-likeness (QED) is 0.185. The summed E-state index contributed by atoms with van der Waals surface area (Å²) in [6.45, 7) is 0. The zero-order chi connectivity index (χ0) is 33.0. The molecule has 0 saturated carbocycles. The van der Waals surface area contributed by atoms with Crippen LogP contribution < -0.4 is 0 Å². The highest BCUT2D eigenvalue weighted by Crippen LogP contribution is 2.40. The number of hydrogen-bond acceptors (Lipinski definition) is 5. The molecule has 4 nitrogen and oxygen atoms in total. The predicted molar refractivity (Wildman–Crippen MR) is 207 cm³/mol. The van der Waals surface area contributed by atoms with Gasteiger partial charge in [-0.15, -0.1) is 11.3 Å². The van der Waals surface area contributed by atoms with Gasteiger partial charge in [0, 0.05) is 47.6 Å². The summed E-state index contributed by atoms with van der Waals surface area (Å²) in [6.07, 6.45) is 0. The third kappa shape index (κ3) is 4.87. The van der Waals surface area contributed by atoms with Gasteiger partial charge in [-0.1, -0.05) is 115 Å². The van der Waals surface area contributed by atoms with Crippen molar-refractivity contribution in [3.05, 3.63) is 164 Å². The van der Waals surface area contributed by atoms with Gasteiger partial charge in [0.2, 0.25) is 0 Å². The molecule has 5 heteroatoms. The maximum Gasteiger partial charge on any atom is 0.164 e. The molecule has 0 fully saturated rings. The summed E-state index contributed by atoms with van der Waals surface area (Å²) in [4.78, 5) is 15.5. The molecule has 0 aliphatic heterocycles. The number of thiophene rings is 1. The van der Waals surface area contributed by atoms with Crippen LogP contribution in [0.25, 0.3) is 98.5 Å². The van der Waals surface area contributed by atoms with E-state index < -0.39 is 0 Å². The zero-order valence-corrected chi connectivity index (χ0v) is 27.6. The number of furan rings is 1. The van der Waals surface area contributed by atoms with E-state index in [2.05, 4.69) is 127 Å². The summed E-state index contributed by atoms with van der Waals surface area (Å²) in [5, 5.41) is 4.48. The number of benzene rings is 7. The van der Waals surface area contributed by atoms with Gasteiger partial charge in [0.05, 0.1) is 0 Å². The first-order valence-electron chi connectivity index (χ1n) is 16.6. The Balaban J connectivity index is 1.17. The van der Waals surface area contributed by atoms with E-state index in [1.807, 2.05) is 36.4 Å². The third-order valence-corrected chi connectivity index (χ3v) is 10.5. The van der Waals surface area contributed by atoms with Crippen LogP contribution in [0.4, 0.5) is 0 Å². The Morgan fingerprint density at radius 3 is 1.74 bits per heavy atom. The van der Waals surface area contributed by atoms with Gasteiger partial charge in [-0.3, -0.25) is 0 Å². The number of nitrogens with zero attached hydrogens (tertiary/aromatic N) is 3. The van der Waals surface area contributed by atoms with Gasteiger partial charge in [0.15, 0.2) is 17.5 Å². The van der Waals surface area contributed by atoms with Gasteiger partial charge < -0.3 is 4.42 Å². The minimum Gasteiger partial charge on any atom is -0.456 e. The predicted octanol–water partition coefficient (Wildman–Crippen LogP) is 12.5. The van der Waals surface area contributed by atoms with Crippen LogP contribution >= 0.6 is 11.3 Å². The number of fused-ring (bicyclic) bond motifs is 6. The largest absolute Gasteiger partial charge is 0.456 e. The van der Waals surface area contributed by atoms with Gasteiger partial charge >= 0.3 is 0 Å². The van der Waals surface area contributed by atoms with Crippen molar-refractivity contribution in [1.29, 1.82) is 0 Å². The minimum atomic E-state index is 0.616. The summed E-state index contributed by atoms with van der Waals surface area (Å²) in [7, 11) is 0. The second-order valence-electron chi connectivity index (χ2n) is 12.4. The molecule has 0 aliphatic rings. The van der Waals surface area contributed by atoms with E-state index >= 15 is 0 Å². The first-order valence-corrected chi connectivity index (χ1v) is 17.4. The number of aromatic nitrogens is 3. The Morgan fingerprint density at radius 1 is 0.360 bits per heavy atom. The van der Waals surface area contributed by atoms with Crippen LogP contribution in [0.2, 0.25) is 0 Å². The normalized spacial score (nSPS) is 11.6. The fourth-order valence-corrected chi connectivity index (χ4v) is 8.06. The SMILES string of the molecule is c1ccc(-c2cccc(-c3cccc(-c4nc(-c5ccc6oc7ccccc7c6c5)nc(-c5cccc6sc7ccccc7c56)n4)c3)c2)cc1. The van der Waals surface area contributed by atoms with E-state index in [0.29, 0.717) is 17.5 Å². The van der Waals surface area contributed by atoms with Gasteiger partial charge in [0.25, 0.3) is 0 Å². The molecule has 7 aromatic carbocycles. The van der Waals surface area contributed by atoms with Crippen molar-refractivity contribution in [2.24, 2.45) is 0 Å². The van der Waals surface area contributed by atoms with Crippen LogP contribution in [0, 0.1) is 0 Å². The van der Waals surface area contributed by atoms with Crippen molar-refractivity contribution in [3.63, 3.8) is 0 Å². The van der Waals surface area contributed by atoms with E-state index in [4.69, 9.17) is 19.4 Å². The maximum atomic E-state index is 6.15. The molecule has 3 heterocycles. The lowest BCUT2D eigenvalue weighted by atomic mass is 9.98. The second-order valence-corrected chi connectivity index (χ2v) is 13.5. The average molecular weight is 658 g/mol. The van der Waals surface area contributed by atoms with Crippen LogP contribution in [0.5, 0.6) is 0 Å². The van der Waals surface area contributed by atoms with Gasteiger partial charge in [-0.05, 0) is 70.8 Å². The highest BCUT2D eigenvalue weighted by molar-refractivity contribution is 7.25. The summed E-state index contributed by atoms with van der Waals surface area (Å²) < 4.78 is 8.60. The summed E-state index contributed by atoms with van der Waals surface area (Å²) in [5.74, 6) is 1.89. The van der Waals surface area contributed by atoms with Crippen molar-refractivity contribution >= 4 is 53.4 Å². The van der Waals surface area contributed by atoms with Crippen molar-refractivity contribution in [2.45, 2.75) is 0 Å². The Hall–Kier alpha value is -6.43. The molecule has 234 valence electrons. The molecular formula is C45H27N3OS. The van der Waals surface area contributed by atoms with Crippen LogP contribution in [0.1, 0.15) is 0 Å². The molecule has 50 heavy (non-hydrogen) atoms. The molecule has 0 radical (unpaired) electrons.